The van der Waals surface area contributed by atoms with Crippen molar-refractivity contribution >= 4 is 28.3 Å². The van der Waals surface area contributed by atoms with Crippen LogP contribution in [0.3, 0.4) is 0 Å². The second-order valence-corrected chi connectivity index (χ2v) is 10.2. The lowest BCUT2D eigenvalue weighted by Crippen LogP contribution is -2.30. The Labute approximate surface area is 219 Å². The summed E-state index contributed by atoms with van der Waals surface area (Å²) in [6, 6.07) is 8.09. The fourth-order valence-corrected chi connectivity index (χ4v) is 5.56. The zero-order valence-corrected chi connectivity index (χ0v) is 22.1. The molecule has 1 fully saturated rings. The topological polar surface area (TPSA) is 96.2 Å². The zero-order valence-electron chi connectivity index (χ0n) is 22.1. The molecule has 1 aromatic heterocycles. The molecule has 3 N–H and O–H groups in total. The molecule has 1 amide bonds. The van der Waals surface area contributed by atoms with Gasteiger partial charge in [0.2, 0.25) is 0 Å². The summed E-state index contributed by atoms with van der Waals surface area (Å²) in [5, 5.41) is 15.6. The van der Waals surface area contributed by atoms with E-state index in [4.69, 9.17) is 10.1 Å². The van der Waals surface area contributed by atoms with Crippen LogP contribution < -0.4 is 10.6 Å². The van der Waals surface area contributed by atoms with Gasteiger partial charge in [0.25, 0.3) is 5.91 Å². The standard InChI is InChI=1S/C30H38N4O3/c1-20-23(30(36)33-13-14-37-3)11-12-27(31)25(20)18-32-17-22-8-6-7-21(15-22)16-29(35)26-19-34(2)28-10-5-4-9-24(26)28/h4-5,9-12,18-19,21-22,31-32H,6-8,13-17H2,1-3H3,(H,33,36)/b25-18-,31-27?. The molecule has 7 heteroatoms. The maximum absolute atomic E-state index is 13.2. The van der Waals surface area contributed by atoms with Gasteiger partial charge in [-0.2, -0.15) is 0 Å². The minimum absolute atomic E-state index is 0.157. The highest BCUT2D eigenvalue weighted by Gasteiger charge is 2.26. The second kappa shape index (κ2) is 12.2. The Morgan fingerprint density at radius 3 is 2.78 bits per heavy atom. The molecular formula is C30H38N4O3. The molecule has 0 radical (unpaired) electrons. The van der Waals surface area contributed by atoms with Crippen molar-refractivity contribution < 1.29 is 14.3 Å². The van der Waals surface area contributed by atoms with Crippen LogP contribution in [-0.2, 0) is 16.6 Å². The predicted molar refractivity (Wildman–Crippen MR) is 148 cm³/mol. The van der Waals surface area contributed by atoms with Crippen LogP contribution in [0.5, 0.6) is 0 Å². The number of fused-ring (bicyclic) bond motifs is 1. The zero-order chi connectivity index (χ0) is 26.4. The van der Waals surface area contributed by atoms with Crippen molar-refractivity contribution in [3.63, 3.8) is 0 Å². The first-order valence-corrected chi connectivity index (χ1v) is 13.1. The minimum atomic E-state index is -0.157. The average molecular weight is 503 g/mol. The number of methoxy groups -OCH3 is 1. The molecule has 37 heavy (non-hydrogen) atoms. The molecule has 196 valence electrons. The Bertz CT molecular complexity index is 1270. The Balaban J connectivity index is 1.34. The highest BCUT2D eigenvalue weighted by Crippen LogP contribution is 2.33. The number of allylic oxidation sites excluding steroid dienone is 3. The quantitative estimate of drug-likeness (QED) is 0.324. The predicted octanol–water partition coefficient (Wildman–Crippen LogP) is 4.70. The Morgan fingerprint density at radius 2 is 1.97 bits per heavy atom. The van der Waals surface area contributed by atoms with E-state index in [1.807, 2.05) is 49.1 Å². The molecule has 2 aliphatic carbocycles. The molecule has 0 saturated heterocycles. The van der Waals surface area contributed by atoms with E-state index in [1.54, 1.807) is 19.3 Å². The summed E-state index contributed by atoms with van der Waals surface area (Å²) in [4.78, 5) is 25.7. The van der Waals surface area contributed by atoms with E-state index < -0.39 is 0 Å². The van der Waals surface area contributed by atoms with Gasteiger partial charge in [-0.1, -0.05) is 24.6 Å². The Hall–Kier alpha value is -3.45. The first kappa shape index (κ1) is 26.6. The number of para-hydroxylation sites is 1. The third-order valence-electron chi connectivity index (χ3n) is 7.57. The van der Waals surface area contributed by atoms with Gasteiger partial charge >= 0.3 is 0 Å². The summed E-state index contributed by atoms with van der Waals surface area (Å²) in [6.45, 7) is 3.58. The SMILES string of the molecule is COCCNC(=O)C1=C(C)/C(=C/NCC2CCCC(CC(=O)c3cn(C)c4ccccc34)C2)C(=N)C=C1. The van der Waals surface area contributed by atoms with Gasteiger partial charge in [-0.05, 0) is 61.8 Å². The summed E-state index contributed by atoms with van der Waals surface area (Å²) in [6.07, 6.45) is 12.2. The summed E-state index contributed by atoms with van der Waals surface area (Å²) >= 11 is 0. The van der Waals surface area contributed by atoms with Crippen molar-refractivity contribution in [2.24, 2.45) is 18.9 Å². The average Bonchev–Trinajstić information content (AvgIpc) is 3.23. The minimum Gasteiger partial charge on any atom is -0.390 e. The molecule has 0 spiro atoms. The van der Waals surface area contributed by atoms with Crippen molar-refractivity contribution in [3.05, 3.63) is 71.1 Å². The number of hydrogen-bond acceptors (Lipinski definition) is 5. The van der Waals surface area contributed by atoms with Gasteiger partial charge < -0.3 is 25.3 Å². The molecule has 2 aromatic rings. The first-order valence-electron chi connectivity index (χ1n) is 13.1. The van der Waals surface area contributed by atoms with E-state index in [9.17, 15) is 9.59 Å². The van der Waals surface area contributed by atoms with Crippen molar-refractivity contribution in [1.82, 2.24) is 15.2 Å². The number of hydrogen-bond donors (Lipinski definition) is 3. The van der Waals surface area contributed by atoms with Crippen LogP contribution in [0.1, 0.15) is 49.4 Å². The first-order chi connectivity index (χ1) is 17.9. The number of ether oxygens (including phenoxy) is 1. The fourth-order valence-electron chi connectivity index (χ4n) is 5.56. The van der Waals surface area contributed by atoms with Crippen molar-refractivity contribution in [2.75, 3.05) is 26.8 Å². The summed E-state index contributed by atoms with van der Waals surface area (Å²) in [7, 11) is 3.59. The number of aromatic nitrogens is 1. The van der Waals surface area contributed by atoms with E-state index in [0.29, 0.717) is 42.7 Å². The third-order valence-corrected chi connectivity index (χ3v) is 7.57. The Morgan fingerprint density at radius 1 is 1.19 bits per heavy atom. The number of aryl methyl sites for hydroxylation is 1. The number of Topliss-reactive ketones (excluding diaryl/α,β-unsaturated/α-hetero) is 1. The lowest BCUT2D eigenvalue weighted by Gasteiger charge is -2.29. The molecule has 7 nitrogen and oxygen atoms in total. The second-order valence-electron chi connectivity index (χ2n) is 10.2. The van der Waals surface area contributed by atoms with Crippen LogP contribution in [0.4, 0.5) is 0 Å². The maximum atomic E-state index is 13.2. The molecule has 4 rings (SSSR count). The van der Waals surface area contributed by atoms with E-state index in [0.717, 1.165) is 59.8 Å². The molecule has 2 atom stereocenters. The van der Waals surface area contributed by atoms with Crippen molar-refractivity contribution in [2.45, 2.75) is 39.0 Å². The molecule has 0 bridgehead atoms. The molecule has 2 unspecified atom stereocenters. The number of nitrogens with one attached hydrogen (secondary N) is 3. The largest absolute Gasteiger partial charge is 0.390 e. The number of amides is 1. The highest BCUT2D eigenvalue weighted by atomic mass is 16.5. The van der Waals surface area contributed by atoms with Crippen LogP contribution in [0.15, 0.2) is 65.5 Å². The fraction of sp³-hybridized carbons (Fsp3) is 0.433. The van der Waals surface area contributed by atoms with E-state index in [2.05, 4.69) is 16.7 Å². The summed E-state index contributed by atoms with van der Waals surface area (Å²) in [5.41, 5.74) is 4.41. The van der Waals surface area contributed by atoms with Crippen molar-refractivity contribution in [3.8, 4) is 0 Å². The Kier molecular flexibility index (Phi) is 8.77. The van der Waals surface area contributed by atoms with Gasteiger partial charge in [-0.25, -0.2) is 0 Å². The lowest BCUT2D eigenvalue weighted by atomic mass is 9.78. The van der Waals surface area contributed by atoms with Gasteiger partial charge in [0.1, 0.15) is 0 Å². The number of nitrogens with zero attached hydrogens (tertiary/aromatic N) is 1. The molecule has 0 aliphatic heterocycles. The highest BCUT2D eigenvalue weighted by molar-refractivity contribution is 6.14. The molecule has 1 aromatic carbocycles. The van der Waals surface area contributed by atoms with Crippen LogP contribution in [0.25, 0.3) is 10.9 Å². The third kappa shape index (κ3) is 6.28. The van der Waals surface area contributed by atoms with Gasteiger partial charge in [-0.3, -0.25) is 9.59 Å². The van der Waals surface area contributed by atoms with E-state index in [-0.39, 0.29) is 11.7 Å². The van der Waals surface area contributed by atoms with Crippen molar-refractivity contribution in [1.29, 1.82) is 5.41 Å². The number of carbonyl (C=O) groups is 2. The molecule has 1 heterocycles. The van der Waals surface area contributed by atoms with E-state index >= 15 is 0 Å². The molecule has 2 aliphatic rings. The van der Waals surface area contributed by atoms with Gasteiger partial charge in [0.05, 0.1) is 12.3 Å². The number of benzene rings is 1. The number of carbonyl (C=O) groups excluding carboxylic acids is 2. The summed E-state index contributed by atoms with van der Waals surface area (Å²) < 4.78 is 7.03. The van der Waals surface area contributed by atoms with Gasteiger partial charge in [0, 0.05) is 73.7 Å². The maximum Gasteiger partial charge on any atom is 0.251 e. The number of rotatable bonds is 10. The van der Waals surface area contributed by atoms with Gasteiger partial charge in [-0.15, -0.1) is 0 Å². The van der Waals surface area contributed by atoms with Crippen LogP contribution in [0.2, 0.25) is 0 Å². The normalized spacial score (nSPS) is 21.1. The number of ketones is 1. The molecular weight excluding hydrogens is 464 g/mol. The smallest absolute Gasteiger partial charge is 0.251 e. The van der Waals surface area contributed by atoms with Crippen LogP contribution >= 0.6 is 0 Å². The summed E-state index contributed by atoms with van der Waals surface area (Å²) in [5.74, 6) is 0.942. The monoisotopic (exact) mass is 502 g/mol. The van der Waals surface area contributed by atoms with E-state index in [1.165, 1.54) is 0 Å². The molecule has 1 saturated carbocycles. The van der Waals surface area contributed by atoms with Gasteiger partial charge in [0.15, 0.2) is 5.78 Å². The lowest BCUT2D eigenvalue weighted by molar-refractivity contribution is -0.117. The van der Waals surface area contributed by atoms with Crippen LogP contribution in [-0.4, -0.2) is 48.8 Å². The van der Waals surface area contributed by atoms with Crippen LogP contribution in [0, 0.1) is 17.2 Å².